The van der Waals surface area contributed by atoms with E-state index in [4.69, 9.17) is 0 Å². The molecule has 162 valence electrons. The molecule has 1 aliphatic heterocycles. The summed E-state index contributed by atoms with van der Waals surface area (Å²) in [7, 11) is 0. The van der Waals surface area contributed by atoms with Crippen molar-refractivity contribution in [2.45, 2.75) is 57.5 Å². The Labute approximate surface area is 184 Å². The molecule has 3 aliphatic rings. The number of benzene rings is 2. The first-order valence-corrected chi connectivity index (χ1v) is 11.6. The topological polar surface area (TPSA) is 61.4 Å². The fourth-order valence-electron chi connectivity index (χ4n) is 4.62. The number of hydrogen-bond donors (Lipinski definition) is 2. The maximum atomic E-state index is 12.8. The maximum Gasteiger partial charge on any atom is 0.255 e. The van der Waals surface area contributed by atoms with Crippen molar-refractivity contribution in [3.05, 3.63) is 64.7 Å². The molecule has 2 N–H and O–H groups in total. The van der Waals surface area contributed by atoms with Gasteiger partial charge in [-0.25, -0.2) is 0 Å². The lowest BCUT2D eigenvalue weighted by Gasteiger charge is -2.19. The van der Waals surface area contributed by atoms with Gasteiger partial charge >= 0.3 is 0 Å². The van der Waals surface area contributed by atoms with Crippen molar-refractivity contribution in [1.82, 2.24) is 10.2 Å². The molecule has 2 unspecified atom stereocenters. The number of carbonyl (C=O) groups is 2. The van der Waals surface area contributed by atoms with Crippen molar-refractivity contribution >= 4 is 17.5 Å². The maximum absolute atomic E-state index is 12.8. The molecule has 0 saturated heterocycles. The van der Waals surface area contributed by atoms with E-state index >= 15 is 0 Å². The number of rotatable bonds is 6. The van der Waals surface area contributed by atoms with E-state index in [2.05, 4.69) is 22.8 Å². The number of carbonyl (C=O) groups excluding carboxylic acids is 2. The van der Waals surface area contributed by atoms with Gasteiger partial charge in [0, 0.05) is 43.2 Å². The third kappa shape index (κ3) is 4.82. The van der Waals surface area contributed by atoms with E-state index < -0.39 is 0 Å². The summed E-state index contributed by atoms with van der Waals surface area (Å²) in [6, 6.07) is 14.8. The third-order valence-electron chi connectivity index (χ3n) is 6.90. The zero-order valence-electron chi connectivity index (χ0n) is 18.2. The molecule has 31 heavy (non-hydrogen) atoms. The summed E-state index contributed by atoms with van der Waals surface area (Å²) in [6.45, 7) is 4.13. The highest BCUT2D eigenvalue weighted by Crippen LogP contribution is 2.42. The van der Waals surface area contributed by atoms with Gasteiger partial charge in [-0.1, -0.05) is 18.2 Å². The van der Waals surface area contributed by atoms with Gasteiger partial charge in [0.15, 0.2) is 0 Å². The second-order valence-corrected chi connectivity index (χ2v) is 9.40. The Bertz CT molecular complexity index is 981. The van der Waals surface area contributed by atoms with Crippen LogP contribution in [0.5, 0.6) is 0 Å². The van der Waals surface area contributed by atoms with E-state index in [1.165, 1.54) is 36.9 Å². The number of hydrogen-bond acceptors (Lipinski definition) is 3. The van der Waals surface area contributed by atoms with E-state index in [9.17, 15) is 9.59 Å². The zero-order chi connectivity index (χ0) is 21.4. The minimum absolute atomic E-state index is 0.0865. The third-order valence-corrected chi connectivity index (χ3v) is 6.90. The molecule has 5 heteroatoms. The number of fused-ring (bicyclic) bond motifs is 1. The number of nitrogens with zero attached hydrogens (tertiary/aromatic N) is 1. The van der Waals surface area contributed by atoms with Gasteiger partial charge in [0.05, 0.1) is 0 Å². The second kappa shape index (κ2) is 8.46. The SMILES string of the molecule is CC(=O)N1CCCc2ccc(C(=O)Nc3ccc(C4CC4NCC4CC4)cc3)cc2C1. The molecule has 5 rings (SSSR count). The highest BCUT2D eigenvalue weighted by molar-refractivity contribution is 6.04. The van der Waals surface area contributed by atoms with Crippen LogP contribution in [-0.2, 0) is 17.8 Å². The second-order valence-electron chi connectivity index (χ2n) is 9.40. The molecular weight excluding hydrogens is 386 g/mol. The molecule has 2 amide bonds. The lowest BCUT2D eigenvalue weighted by atomic mass is 10.0. The lowest BCUT2D eigenvalue weighted by molar-refractivity contribution is -0.129. The molecule has 2 aromatic rings. The Morgan fingerprint density at radius 2 is 1.87 bits per heavy atom. The molecular formula is C26H31N3O2. The van der Waals surface area contributed by atoms with Crippen LogP contribution in [0.15, 0.2) is 42.5 Å². The minimum atomic E-state index is -0.107. The molecule has 0 bridgehead atoms. The lowest BCUT2D eigenvalue weighted by Crippen LogP contribution is -2.28. The van der Waals surface area contributed by atoms with Crippen molar-refractivity contribution in [2.24, 2.45) is 5.92 Å². The van der Waals surface area contributed by atoms with E-state index in [0.29, 0.717) is 24.1 Å². The Morgan fingerprint density at radius 3 is 2.61 bits per heavy atom. The highest BCUT2D eigenvalue weighted by Gasteiger charge is 2.38. The standard InChI is InChI=1S/C26H31N3O2/c1-17(30)29-12-2-3-19-6-7-21(13-22(19)16-29)26(31)28-23-10-8-20(9-11-23)24-14-25(24)27-15-18-4-5-18/h6-11,13,18,24-25,27H,2-5,12,14-16H2,1H3,(H,28,31). The van der Waals surface area contributed by atoms with Gasteiger partial charge in [-0.05, 0) is 85.5 Å². The first-order chi connectivity index (χ1) is 15.1. The van der Waals surface area contributed by atoms with Crippen LogP contribution in [0.2, 0.25) is 0 Å². The highest BCUT2D eigenvalue weighted by atomic mass is 16.2. The van der Waals surface area contributed by atoms with Crippen LogP contribution in [0.25, 0.3) is 0 Å². The van der Waals surface area contributed by atoms with E-state index in [0.717, 1.165) is 36.6 Å². The van der Waals surface area contributed by atoms with Gasteiger partial charge in [-0.15, -0.1) is 0 Å². The Morgan fingerprint density at radius 1 is 1.06 bits per heavy atom. The van der Waals surface area contributed by atoms with Crippen LogP contribution in [0.3, 0.4) is 0 Å². The molecule has 0 aromatic heterocycles. The van der Waals surface area contributed by atoms with E-state index in [1.54, 1.807) is 6.92 Å². The molecule has 2 aromatic carbocycles. The number of amides is 2. The Kier molecular flexibility index (Phi) is 5.53. The predicted octanol–water partition coefficient (Wildman–Crippen LogP) is 4.09. The van der Waals surface area contributed by atoms with Gasteiger partial charge < -0.3 is 15.5 Å². The molecule has 2 fully saturated rings. The summed E-state index contributed by atoms with van der Waals surface area (Å²) in [6.07, 6.45) is 5.89. The first kappa shape index (κ1) is 20.3. The van der Waals surface area contributed by atoms with Crippen LogP contribution < -0.4 is 10.6 Å². The normalized spacial score (nSPS) is 22.4. The molecule has 0 spiro atoms. The average Bonchev–Trinajstić information content (AvgIpc) is 3.66. The molecule has 2 saturated carbocycles. The molecule has 2 atom stereocenters. The fraction of sp³-hybridized carbons (Fsp3) is 0.462. The Hall–Kier alpha value is -2.66. The van der Waals surface area contributed by atoms with Crippen molar-refractivity contribution in [2.75, 3.05) is 18.4 Å². The van der Waals surface area contributed by atoms with Crippen LogP contribution >= 0.6 is 0 Å². The summed E-state index contributed by atoms with van der Waals surface area (Å²) in [4.78, 5) is 26.5. The smallest absolute Gasteiger partial charge is 0.255 e. The van der Waals surface area contributed by atoms with E-state index in [-0.39, 0.29) is 11.8 Å². The van der Waals surface area contributed by atoms with Crippen LogP contribution in [0, 0.1) is 5.92 Å². The zero-order valence-corrected chi connectivity index (χ0v) is 18.2. The number of aryl methyl sites for hydroxylation is 1. The quantitative estimate of drug-likeness (QED) is 0.744. The van der Waals surface area contributed by atoms with E-state index in [1.807, 2.05) is 35.2 Å². The van der Waals surface area contributed by atoms with Crippen molar-refractivity contribution in [3.63, 3.8) is 0 Å². The van der Waals surface area contributed by atoms with Gasteiger partial charge in [0.1, 0.15) is 0 Å². The van der Waals surface area contributed by atoms with Crippen LogP contribution in [0.4, 0.5) is 5.69 Å². The van der Waals surface area contributed by atoms with Crippen molar-refractivity contribution in [3.8, 4) is 0 Å². The molecule has 5 nitrogen and oxygen atoms in total. The summed E-state index contributed by atoms with van der Waals surface area (Å²) in [5.41, 5.74) is 5.12. The van der Waals surface area contributed by atoms with Crippen LogP contribution in [-0.4, -0.2) is 35.8 Å². The first-order valence-electron chi connectivity index (χ1n) is 11.6. The molecule has 0 radical (unpaired) electrons. The van der Waals surface area contributed by atoms with Crippen molar-refractivity contribution in [1.29, 1.82) is 0 Å². The fourth-order valence-corrected chi connectivity index (χ4v) is 4.62. The Balaban J connectivity index is 1.21. The van der Waals surface area contributed by atoms with Gasteiger partial charge in [0.2, 0.25) is 5.91 Å². The predicted molar refractivity (Wildman–Crippen MR) is 122 cm³/mol. The molecule has 1 heterocycles. The summed E-state index contributed by atoms with van der Waals surface area (Å²) < 4.78 is 0. The largest absolute Gasteiger partial charge is 0.339 e. The number of nitrogens with one attached hydrogen (secondary N) is 2. The van der Waals surface area contributed by atoms with Crippen LogP contribution in [0.1, 0.15) is 65.6 Å². The monoisotopic (exact) mass is 417 g/mol. The average molecular weight is 418 g/mol. The summed E-state index contributed by atoms with van der Waals surface area (Å²) in [5, 5.41) is 6.71. The minimum Gasteiger partial charge on any atom is -0.339 e. The summed E-state index contributed by atoms with van der Waals surface area (Å²) in [5.74, 6) is 1.50. The van der Waals surface area contributed by atoms with Gasteiger partial charge in [-0.2, -0.15) is 0 Å². The van der Waals surface area contributed by atoms with Gasteiger partial charge in [0.25, 0.3) is 5.91 Å². The number of anilines is 1. The summed E-state index contributed by atoms with van der Waals surface area (Å²) >= 11 is 0. The van der Waals surface area contributed by atoms with Crippen molar-refractivity contribution < 1.29 is 9.59 Å². The molecule has 2 aliphatic carbocycles. The van der Waals surface area contributed by atoms with Gasteiger partial charge in [-0.3, -0.25) is 9.59 Å².